The molecule has 1 heterocycles. The van der Waals surface area contributed by atoms with Crippen molar-refractivity contribution in [1.29, 1.82) is 0 Å². The Labute approximate surface area is 150 Å². The first-order valence-electron chi connectivity index (χ1n) is 8.11. The molecule has 1 aromatic heterocycles. The van der Waals surface area contributed by atoms with Gasteiger partial charge < -0.3 is 5.32 Å². The van der Waals surface area contributed by atoms with Crippen molar-refractivity contribution >= 4 is 39.8 Å². The largest absolute Gasteiger partial charge is 0.302 e. The lowest BCUT2D eigenvalue weighted by Gasteiger charge is -2.16. The molecule has 1 aliphatic rings. The van der Waals surface area contributed by atoms with Crippen LogP contribution < -0.4 is 5.32 Å². The molecule has 126 valence electrons. The summed E-state index contributed by atoms with van der Waals surface area (Å²) in [6.07, 6.45) is 4.92. The van der Waals surface area contributed by atoms with Crippen molar-refractivity contribution in [1.82, 2.24) is 4.98 Å². The number of aryl methyl sites for hydroxylation is 2. The molecule has 24 heavy (non-hydrogen) atoms. The van der Waals surface area contributed by atoms with E-state index in [1.165, 1.54) is 35.3 Å². The van der Waals surface area contributed by atoms with E-state index in [4.69, 9.17) is 11.6 Å². The predicted octanol–water partition coefficient (Wildman–Crippen LogP) is 4.36. The number of anilines is 1. The van der Waals surface area contributed by atoms with Crippen LogP contribution in [0.4, 0.5) is 5.13 Å². The van der Waals surface area contributed by atoms with Crippen LogP contribution in [-0.2, 0) is 23.5 Å². The summed E-state index contributed by atoms with van der Waals surface area (Å²) in [6.45, 7) is 0. The molecular formula is C18H19ClN2O2S. The number of hydrogen-bond acceptors (Lipinski definition) is 4. The molecule has 0 unspecified atom stereocenters. The molecule has 0 aliphatic heterocycles. The van der Waals surface area contributed by atoms with E-state index in [2.05, 4.69) is 16.4 Å². The number of halogens is 1. The Morgan fingerprint density at radius 3 is 2.71 bits per heavy atom. The van der Waals surface area contributed by atoms with Gasteiger partial charge in [-0.25, -0.2) is 4.98 Å². The fourth-order valence-electron chi connectivity index (χ4n) is 2.89. The molecule has 1 N–H and O–H groups in total. The minimum absolute atomic E-state index is 0.0131. The number of Topliss-reactive ketones (excluding diaryl/α,β-unsaturated/α-hetero) is 1. The standard InChI is InChI=1S/C18H19ClN2O2S/c19-10-15-11-24-18(20-15)21-17(23)8-7-16(22)14-6-5-12-3-1-2-4-13(12)9-14/h5-6,9,11H,1-4,7-8,10H2,(H,20,21,23). The zero-order chi connectivity index (χ0) is 16.9. The molecule has 0 saturated carbocycles. The van der Waals surface area contributed by atoms with E-state index < -0.39 is 0 Å². The Bertz CT molecular complexity index is 757. The van der Waals surface area contributed by atoms with Gasteiger partial charge in [0, 0.05) is 23.8 Å². The summed E-state index contributed by atoms with van der Waals surface area (Å²) in [5.74, 6) is 0.138. The van der Waals surface area contributed by atoms with Crippen molar-refractivity contribution in [3.63, 3.8) is 0 Å². The second-order valence-electron chi connectivity index (χ2n) is 5.94. The number of amides is 1. The van der Waals surface area contributed by atoms with Crippen molar-refractivity contribution in [2.45, 2.75) is 44.4 Å². The van der Waals surface area contributed by atoms with Crippen LogP contribution in [0.2, 0.25) is 0 Å². The molecule has 0 bridgehead atoms. The van der Waals surface area contributed by atoms with Crippen LogP contribution in [0.3, 0.4) is 0 Å². The van der Waals surface area contributed by atoms with E-state index >= 15 is 0 Å². The summed E-state index contributed by atoms with van der Waals surface area (Å²) in [4.78, 5) is 28.4. The number of ketones is 1. The smallest absolute Gasteiger partial charge is 0.226 e. The average molecular weight is 363 g/mol. The topological polar surface area (TPSA) is 59.1 Å². The molecule has 4 nitrogen and oxygen atoms in total. The van der Waals surface area contributed by atoms with E-state index in [9.17, 15) is 9.59 Å². The van der Waals surface area contributed by atoms with Crippen LogP contribution in [0.25, 0.3) is 0 Å². The number of carbonyl (C=O) groups is 2. The zero-order valence-electron chi connectivity index (χ0n) is 13.3. The molecule has 0 saturated heterocycles. The first-order chi connectivity index (χ1) is 11.7. The molecule has 6 heteroatoms. The molecule has 0 radical (unpaired) electrons. The van der Waals surface area contributed by atoms with Crippen molar-refractivity contribution in [3.05, 3.63) is 46.0 Å². The Kier molecular flexibility index (Phi) is 5.63. The molecule has 1 aliphatic carbocycles. The summed E-state index contributed by atoms with van der Waals surface area (Å²) >= 11 is 7.02. The van der Waals surface area contributed by atoms with Crippen molar-refractivity contribution < 1.29 is 9.59 Å². The molecule has 3 rings (SSSR count). The van der Waals surface area contributed by atoms with Gasteiger partial charge in [0.25, 0.3) is 0 Å². The monoisotopic (exact) mass is 362 g/mol. The summed E-state index contributed by atoms with van der Waals surface area (Å²) in [5, 5.41) is 5.04. The minimum atomic E-state index is -0.197. The first kappa shape index (κ1) is 17.1. The van der Waals surface area contributed by atoms with Gasteiger partial charge in [-0.15, -0.1) is 22.9 Å². The van der Waals surface area contributed by atoms with E-state index in [0.29, 0.717) is 16.6 Å². The third-order valence-electron chi connectivity index (χ3n) is 4.18. The fraction of sp³-hybridized carbons (Fsp3) is 0.389. The second-order valence-corrected chi connectivity index (χ2v) is 7.06. The highest BCUT2D eigenvalue weighted by Crippen LogP contribution is 2.23. The van der Waals surface area contributed by atoms with Gasteiger partial charge in [-0.05, 0) is 42.9 Å². The maximum absolute atomic E-state index is 12.3. The van der Waals surface area contributed by atoms with Crippen molar-refractivity contribution in [2.75, 3.05) is 5.32 Å². The second kappa shape index (κ2) is 7.90. The maximum Gasteiger partial charge on any atom is 0.226 e. The number of benzene rings is 1. The summed E-state index contributed by atoms with van der Waals surface area (Å²) in [7, 11) is 0. The van der Waals surface area contributed by atoms with Crippen molar-refractivity contribution in [2.24, 2.45) is 0 Å². The SMILES string of the molecule is O=C(CCC(=O)c1ccc2c(c1)CCCC2)Nc1nc(CCl)cs1. The number of nitrogens with one attached hydrogen (secondary N) is 1. The molecule has 1 amide bonds. The fourth-order valence-corrected chi connectivity index (χ4v) is 3.84. The lowest BCUT2D eigenvalue weighted by atomic mass is 9.89. The third-order valence-corrected chi connectivity index (χ3v) is 5.26. The molecule has 1 aromatic carbocycles. The predicted molar refractivity (Wildman–Crippen MR) is 96.9 cm³/mol. The first-order valence-corrected chi connectivity index (χ1v) is 9.52. The highest BCUT2D eigenvalue weighted by molar-refractivity contribution is 7.13. The molecule has 0 atom stereocenters. The van der Waals surface area contributed by atoms with Crippen LogP contribution in [0.5, 0.6) is 0 Å². The summed E-state index contributed by atoms with van der Waals surface area (Å²) in [5.41, 5.74) is 4.09. The van der Waals surface area contributed by atoms with Gasteiger partial charge in [-0.1, -0.05) is 12.1 Å². The van der Waals surface area contributed by atoms with Gasteiger partial charge >= 0.3 is 0 Å². The van der Waals surface area contributed by atoms with E-state index in [1.54, 1.807) is 5.38 Å². The lowest BCUT2D eigenvalue weighted by Crippen LogP contribution is -2.14. The number of fused-ring (bicyclic) bond motifs is 1. The highest BCUT2D eigenvalue weighted by atomic mass is 35.5. The van der Waals surface area contributed by atoms with E-state index in [0.717, 1.165) is 18.5 Å². The Morgan fingerprint density at radius 1 is 1.17 bits per heavy atom. The van der Waals surface area contributed by atoms with Crippen LogP contribution in [0.15, 0.2) is 23.6 Å². The maximum atomic E-state index is 12.3. The van der Waals surface area contributed by atoms with Gasteiger partial charge in [0.15, 0.2) is 10.9 Å². The number of hydrogen-bond donors (Lipinski definition) is 1. The van der Waals surface area contributed by atoms with Crippen LogP contribution >= 0.6 is 22.9 Å². The number of carbonyl (C=O) groups excluding carboxylic acids is 2. The zero-order valence-corrected chi connectivity index (χ0v) is 14.9. The number of nitrogens with zero attached hydrogens (tertiary/aromatic N) is 1. The van der Waals surface area contributed by atoms with Crippen LogP contribution in [-0.4, -0.2) is 16.7 Å². The van der Waals surface area contributed by atoms with Gasteiger partial charge in [-0.3, -0.25) is 9.59 Å². The Balaban J connectivity index is 1.54. The van der Waals surface area contributed by atoms with Crippen molar-refractivity contribution in [3.8, 4) is 0 Å². The molecular weight excluding hydrogens is 344 g/mol. The van der Waals surface area contributed by atoms with E-state index in [-0.39, 0.29) is 24.5 Å². The highest BCUT2D eigenvalue weighted by Gasteiger charge is 2.14. The number of thiazole rings is 1. The number of alkyl halides is 1. The van der Waals surface area contributed by atoms with Gasteiger partial charge in [0.1, 0.15) is 0 Å². The Hall–Kier alpha value is -1.72. The molecule has 2 aromatic rings. The quantitative estimate of drug-likeness (QED) is 0.613. The average Bonchev–Trinajstić information content (AvgIpc) is 3.06. The lowest BCUT2D eigenvalue weighted by molar-refractivity contribution is -0.116. The number of rotatable bonds is 6. The molecule has 0 spiro atoms. The van der Waals surface area contributed by atoms with E-state index in [1.807, 2.05) is 12.1 Å². The van der Waals surface area contributed by atoms with Gasteiger partial charge in [-0.2, -0.15) is 0 Å². The van der Waals surface area contributed by atoms with Crippen LogP contribution in [0, 0.1) is 0 Å². The normalized spacial score (nSPS) is 13.4. The van der Waals surface area contributed by atoms with Crippen LogP contribution in [0.1, 0.15) is 52.9 Å². The summed E-state index contributed by atoms with van der Waals surface area (Å²) in [6, 6.07) is 5.95. The number of aromatic nitrogens is 1. The van der Waals surface area contributed by atoms with Gasteiger partial charge in [0.2, 0.25) is 5.91 Å². The summed E-state index contributed by atoms with van der Waals surface area (Å²) < 4.78 is 0. The molecule has 0 fully saturated rings. The minimum Gasteiger partial charge on any atom is -0.302 e. The van der Waals surface area contributed by atoms with Gasteiger partial charge in [0.05, 0.1) is 11.6 Å². The Morgan fingerprint density at radius 2 is 1.96 bits per heavy atom. The third kappa shape index (κ3) is 4.22.